The van der Waals surface area contributed by atoms with Gasteiger partial charge in [-0.3, -0.25) is 4.79 Å². The Morgan fingerprint density at radius 1 is 1.50 bits per heavy atom. The summed E-state index contributed by atoms with van der Waals surface area (Å²) in [6, 6.07) is 0. The summed E-state index contributed by atoms with van der Waals surface area (Å²) < 4.78 is 10.6. The van der Waals surface area contributed by atoms with Crippen LogP contribution in [0.4, 0.5) is 0 Å². The molecule has 1 atom stereocenters. The van der Waals surface area contributed by atoms with Gasteiger partial charge in [-0.25, -0.2) is 0 Å². The summed E-state index contributed by atoms with van der Waals surface area (Å²) in [4.78, 5) is 14.6. The van der Waals surface area contributed by atoms with Crippen LogP contribution in [0.5, 0.6) is 0 Å². The quantitative estimate of drug-likeness (QED) is 0.730. The zero-order chi connectivity index (χ0) is 13.4. The molecule has 102 valence electrons. The predicted molar refractivity (Wildman–Crippen MR) is 64.1 cm³/mol. The molecule has 0 aliphatic heterocycles. The lowest BCUT2D eigenvalue weighted by molar-refractivity contribution is -0.137. The second kappa shape index (κ2) is 7.81. The lowest BCUT2D eigenvalue weighted by Gasteiger charge is -2.11. The Balaban J connectivity index is 2.51. The summed E-state index contributed by atoms with van der Waals surface area (Å²) >= 11 is 0. The number of ether oxygens (including phenoxy) is 1. The number of aromatic nitrogens is 2. The van der Waals surface area contributed by atoms with E-state index in [0.29, 0.717) is 31.2 Å². The van der Waals surface area contributed by atoms with Crippen molar-refractivity contribution in [2.45, 2.75) is 52.1 Å². The van der Waals surface area contributed by atoms with Crippen molar-refractivity contribution in [3.8, 4) is 0 Å². The van der Waals surface area contributed by atoms with Gasteiger partial charge in [0.25, 0.3) is 0 Å². The van der Waals surface area contributed by atoms with Gasteiger partial charge in [0.05, 0.1) is 0 Å². The van der Waals surface area contributed by atoms with Gasteiger partial charge >= 0.3 is 5.97 Å². The molecule has 0 amide bonds. The minimum absolute atomic E-state index is 0.113. The molecular formula is C12H20N2O4. The highest BCUT2D eigenvalue weighted by Gasteiger charge is 2.17. The fourth-order valence-corrected chi connectivity index (χ4v) is 1.64. The molecule has 0 spiro atoms. The molecule has 1 N–H and O–H groups in total. The molecule has 0 bridgehead atoms. The molecule has 1 rings (SSSR count). The number of aryl methyl sites for hydroxylation is 1. The third-order valence-corrected chi connectivity index (χ3v) is 2.47. The summed E-state index contributed by atoms with van der Waals surface area (Å²) in [5.74, 6) is 0.226. The Labute approximate surface area is 106 Å². The maximum absolute atomic E-state index is 10.4. The first kappa shape index (κ1) is 14.6. The van der Waals surface area contributed by atoms with Gasteiger partial charge in [-0.1, -0.05) is 18.5 Å². The lowest BCUT2D eigenvalue weighted by atomic mass is 10.2. The predicted octanol–water partition coefficient (Wildman–Crippen LogP) is 2.35. The van der Waals surface area contributed by atoms with E-state index in [1.54, 1.807) is 0 Å². The fraction of sp³-hybridized carbons (Fsp3) is 0.750. The largest absolute Gasteiger partial charge is 0.481 e. The second-order valence-corrected chi connectivity index (χ2v) is 4.03. The van der Waals surface area contributed by atoms with Crippen LogP contribution in [0.1, 0.15) is 57.3 Å². The summed E-state index contributed by atoms with van der Waals surface area (Å²) in [6.45, 7) is 4.60. The van der Waals surface area contributed by atoms with Crippen molar-refractivity contribution >= 4 is 5.97 Å². The van der Waals surface area contributed by atoms with Crippen molar-refractivity contribution in [3.05, 3.63) is 11.7 Å². The molecule has 18 heavy (non-hydrogen) atoms. The highest BCUT2D eigenvalue weighted by molar-refractivity contribution is 5.66. The van der Waals surface area contributed by atoms with Crippen LogP contribution in [0.15, 0.2) is 4.52 Å². The van der Waals surface area contributed by atoms with Gasteiger partial charge < -0.3 is 14.4 Å². The van der Waals surface area contributed by atoms with E-state index in [-0.39, 0.29) is 12.5 Å². The number of hydrogen-bond donors (Lipinski definition) is 1. The third-order valence-electron chi connectivity index (χ3n) is 2.47. The molecule has 0 aliphatic carbocycles. The van der Waals surface area contributed by atoms with Crippen molar-refractivity contribution in [2.24, 2.45) is 0 Å². The van der Waals surface area contributed by atoms with Crippen molar-refractivity contribution in [1.29, 1.82) is 0 Å². The fourth-order valence-electron chi connectivity index (χ4n) is 1.64. The molecule has 0 aliphatic rings. The monoisotopic (exact) mass is 256 g/mol. The van der Waals surface area contributed by atoms with Crippen LogP contribution in [0.3, 0.4) is 0 Å². The molecule has 1 heterocycles. The number of nitrogens with zero attached hydrogens (tertiary/aromatic N) is 2. The average molecular weight is 256 g/mol. The van der Waals surface area contributed by atoms with Crippen LogP contribution in [0.25, 0.3) is 0 Å². The molecule has 0 aromatic carbocycles. The Morgan fingerprint density at radius 3 is 2.89 bits per heavy atom. The molecule has 1 unspecified atom stereocenters. The van der Waals surface area contributed by atoms with Crippen molar-refractivity contribution in [1.82, 2.24) is 10.1 Å². The van der Waals surface area contributed by atoms with Gasteiger partial charge in [0.2, 0.25) is 11.7 Å². The SMILES string of the molecule is CCCC(OCC)c1noc(CCCC(=O)O)n1. The number of rotatable bonds is 9. The zero-order valence-corrected chi connectivity index (χ0v) is 10.9. The summed E-state index contributed by atoms with van der Waals surface area (Å²) in [5.41, 5.74) is 0. The molecule has 1 aromatic rings. The number of hydrogen-bond acceptors (Lipinski definition) is 5. The van der Waals surface area contributed by atoms with E-state index < -0.39 is 5.97 Å². The lowest BCUT2D eigenvalue weighted by Crippen LogP contribution is -2.06. The smallest absolute Gasteiger partial charge is 0.303 e. The standard InChI is InChI=1S/C12H20N2O4/c1-3-6-9(17-4-2)12-13-10(18-14-12)7-5-8-11(15)16/h9H,3-8H2,1-2H3,(H,15,16). The van der Waals surface area contributed by atoms with Gasteiger partial charge in [-0.15, -0.1) is 0 Å². The Morgan fingerprint density at radius 2 is 2.28 bits per heavy atom. The first-order chi connectivity index (χ1) is 8.67. The van der Waals surface area contributed by atoms with Crippen molar-refractivity contribution in [2.75, 3.05) is 6.61 Å². The first-order valence-corrected chi connectivity index (χ1v) is 6.33. The van der Waals surface area contributed by atoms with E-state index in [2.05, 4.69) is 17.1 Å². The summed E-state index contributed by atoms with van der Waals surface area (Å²) in [6.07, 6.45) is 2.81. The average Bonchev–Trinajstić information content (AvgIpc) is 2.77. The first-order valence-electron chi connectivity index (χ1n) is 6.33. The Bertz CT molecular complexity index is 359. The van der Waals surface area contributed by atoms with Crippen LogP contribution in [-0.2, 0) is 16.0 Å². The van der Waals surface area contributed by atoms with E-state index in [4.69, 9.17) is 14.4 Å². The maximum Gasteiger partial charge on any atom is 0.303 e. The van der Waals surface area contributed by atoms with E-state index >= 15 is 0 Å². The number of carbonyl (C=O) groups is 1. The van der Waals surface area contributed by atoms with Gasteiger partial charge in [0.1, 0.15) is 6.10 Å². The molecule has 0 fully saturated rings. The molecule has 6 nitrogen and oxygen atoms in total. The minimum Gasteiger partial charge on any atom is -0.481 e. The molecular weight excluding hydrogens is 236 g/mol. The van der Waals surface area contributed by atoms with Crippen LogP contribution >= 0.6 is 0 Å². The topological polar surface area (TPSA) is 85.5 Å². The highest BCUT2D eigenvalue weighted by Crippen LogP contribution is 2.20. The van der Waals surface area contributed by atoms with Gasteiger partial charge in [0.15, 0.2) is 0 Å². The van der Waals surface area contributed by atoms with E-state index in [1.165, 1.54) is 0 Å². The summed E-state index contributed by atoms with van der Waals surface area (Å²) in [7, 11) is 0. The van der Waals surface area contributed by atoms with E-state index in [9.17, 15) is 4.79 Å². The van der Waals surface area contributed by atoms with Crippen LogP contribution < -0.4 is 0 Å². The number of carboxylic acids is 1. The van der Waals surface area contributed by atoms with E-state index in [1.807, 2.05) is 6.92 Å². The third kappa shape index (κ3) is 4.83. The Hall–Kier alpha value is -1.43. The summed E-state index contributed by atoms with van der Waals surface area (Å²) in [5, 5.41) is 12.4. The minimum atomic E-state index is -0.812. The molecule has 1 aromatic heterocycles. The van der Waals surface area contributed by atoms with E-state index in [0.717, 1.165) is 12.8 Å². The Kier molecular flexibility index (Phi) is 6.35. The van der Waals surface area contributed by atoms with Gasteiger partial charge in [0, 0.05) is 19.4 Å². The molecule has 6 heteroatoms. The zero-order valence-electron chi connectivity index (χ0n) is 10.9. The normalized spacial score (nSPS) is 12.6. The van der Waals surface area contributed by atoms with Crippen LogP contribution in [-0.4, -0.2) is 27.8 Å². The highest BCUT2D eigenvalue weighted by atomic mass is 16.5. The molecule has 0 saturated heterocycles. The van der Waals surface area contributed by atoms with Crippen molar-refractivity contribution in [3.63, 3.8) is 0 Å². The number of aliphatic carboxylic acids is 1. The van der Waals surface area contributed by atoms with Crippen LogP contribution in [0, 0.1) is 0 Å². The van der Waals surface area contributed by atoms with Gasteiger partial charge in [-0.2, -0.15) is 4.98 Å². The van der Waals surface area contributed by atoms with Crippen LogP contribution in [0.2, 0.25) is 0 Å². The second-order valence-electron chi connectivity index (χ2n) is 4.03. The van der Waals surface area contributed by atoms with Crippen molar-refractivity contribution < 1.29 is 19.2 Å². The maximum atomic E-state index is 10.4. The number of carboxylic acid groups (broad SMARTS) is 1. The van der Waals surface area contributed by atoms with Gasteiger partial charge in [-0.05, 0) is 19.8 Å². The molecule has 0 radical (unpaired) electrons. The molecule has 0 saturated carbocycles.